The van der Waals surface area contributed by atoms with Gasteiger partial charge in [-0.25, -0.2) is 12.8 Å². The molecule has 1 fully saturated rings. The summed E-state index contributed by atoms with van der Waals surface area (Å²) < 4.78 is 41.4. The average Bonchev–Trinajstić information content (AvgIpc) is 3.43. The highest BCUT2D eigenvalue weighted by Crippen LogP contribution is 2.51. The molecule has 0 aromatic heterocycles. The molecule has 3 aromatic carbocycles. The summed E-state index contributed by atoms with van der Waals surface area (Å²) in [7, 11) is -3.95. The molecular formula is C26H20FNO4S. The zero-order valence-electron chi connectivity index (χ0n) is 17.7. The van der Waals surface area contributed by atoms with Crippen LogP contribution in [0.15, 0.2) is 70.5 Å². The lowest BCUT2D eigenvalue weighted by atomic mass is 9.80. The fourth-order valence-corrected chi connectivity index (χ4v) is 7.42. The van der Waals surface area contributed by atoms with Crippen LogP contribution in [0.3, 0.4) is 0 Å². The molecule has 0 atom stereocenters. The van der Waals surface area contributed by atoms with Crippen LogP contribution in [0, 0.1) is 5.82 Å². The Balaban J connectivity index is 1.46. The topological polar surface area (TPSA) is 71.5 Å². The predicted molar refractivity (Wildman–Crippen MR) is 120 cm³/mol. The molecule has 33 heavy (non-hydrogen) atoms. The monoisotopic (exact) mass is 461 g/mol. The number of carbonyl (C=O) groups excluding carboxylic acids is 2. The zero-order chi connectivity index (χ0) is 23.0. The molecule has 2 heterocycles. The van der Waals surface area contributed by atoms with Gasteiger partial charge in [0, 0.05) is 34.2 Å². The van der Waals surface area contributed by atoms with Crippen molar-refractivity contribution < 1.29 is 22.4 Å². The molecule has 7 heteroatoms. The van der Waals surface area contributed by atoms with Crippen LogP contribution >= 0.6 is 0 Å². The Morgan fingerprint density at radius 1 is 0.909 bits per heavy atom. The molecule has 0 unspecified atom stereocenters. The summed E-state index contributed by atoms with van der Waals surface area (Å²) in [6, 6.07) is 15.1. The van der Waals surface area contributed by atoms with Crippen molar-refractivity contribution in [2.24, 2.45) is 0 Å². The Kier molecular flexibility index (Phi) is 4.21. The standard InChI is InChI=1S/C26H20FNO4S/c27-19-7-5-8-20-23(19)26(12-3-4-13-26)15-28(20)25(30)16-10-11-18-22(14-16)33(31,32)21-9-2-1-6-17(21)24(18)29/h1-2,5-11,14H,3-4,12-13,15H2. The van der Waals surface area contributed by atoms with Crippen LogP contribution in [0.2, 0.25) is 0 Å². The third-order valence-corrected chi connectivity index (χ3v) is 9.12. The molecule has 1 amide bonds. The van der Waals surface area contributed by atoms with Gasteiger partial charge in [-0.15, -0.1) is 0 Å². The number of carbonyl (C=O) groups is 2. The van der Waals surface area contributed by atoms with Crippen LogP contribution in [-0.4, -0.2) is 26.7 Å². The molecule has 0 N–H and O–H groups in total. The van der Waals surface area contributed by atoms with Crippen LogP contribution in [0.5, 0.6) is 0 Å². The van der Waals surface area contributed by atoms with Gasteiger partial charge in [0.1, 0.15) is 5.82 Å². The SMILES string of the molecule is O=C1c2ccccc2S(=O)(=O)c2cc(C(=O)N3CC4(CCCC4)c4c(F)cccc43)ccc21. The van der Waals surface area contributed by atoms with Crippen LogP contribution in [0.1, 0.15) is 57.5 Å². The van der Waals surface area contributed by atoms with Gasteiger partial charge in [-0.2, -0.15) is 0 Å². The summed E-state index contributed by atoms with van der Waals surface area (Å²) in [6.07, 6.45) is 3.59. The third kappa shape index (κ3) is 2.72. The lowest BCUT2D eigenvalue weighted by Gasteiger charge is -2.25. The van der Waals surface area contributed by atoms with Crippen molar-refractivity contribution in [3.05, 3.63) is 88.7 Å². The maximum Gasteiger partial charge on any atom is 0.258 e. The number of hydrogen-bond donors (Lipinski definition) is 0. The van der Waals surface area contributed by atoms with E-state index in [9.17, 15) is 22.4 Å². The second kappa shape index (κ2) is 6.84. The molecule has 1 saturated carbocycles. The fraction of sp³-hybridized carbons (Fsp3) is 0.231. The number of ketones is 1. The molecule has 1 aliphatic carbocycles. The van der Waals surface area contributed by atoms with Crippen LogP contribution in [0.25, 0.3) is 0 Å². The van der Waals surface area contributed by atoms with Crippen LogP contribution < -0.4 is 4.90 Å². The van der Waals surface area contributed by atoms with Crippen molar-refractivity contribution in [2.45, 2.75) is 40.9 Å². The second-order valence-electron chi connectivity index (χ2n) is 9.05. The van der Waals surface area contributed by atoms with Gasteiger partial charge >= 0.3 is 0 Å². The number of anilines is 1. The number of benzene rings is 3. The van der Waals surface area contributed by atoms with Gasteiger partial charge in [0.2, 0.25) is 9.84 Å². The molecule has 5 nitrogen and oxygen atoms in total. The third-order valence-electron chi connectivity index (χ3n) is 7.26. The molecule has 3 aromatic rings. The van der Waals surface area contributed by atoms with Crippen molar-refractivity contribution in [3.8, 4) is 0 Å². The van der Waals surface area contributed by atoms with E-state index < -0.39 is 21.2 Å². The Morgan fingerprint density at radius 3 is 2.42 bits per heavy atom. The van der Waals surface area contributed by atoms with E-state index in [4.69, 9.17) is 0 Å². The van der Waals surface area contributed by atoms with Gasteiger partial charge in [-0.3, -0.25) is 9.59 Å². The van der Waals surface area contributed by atoms with Crippen LogP contribution in [-0.2, 0) is 15.3 Å². The average molecular weight is 462 g/mol. The van der Waals surface area contributed by atoms with E-state index in [1.54, 1.807) is 29.2 Å². The first-order chi connectivity index (χ1) is 15.8. The van der Waals surface area contributed by atoms with Crippen molar-refractivity contribution >= 4 is 27.2 Å². The van der Waals surface area contributed by atoms with Crippen LogP contribution in [0.4, 0.5) is 10.1 Å². The zero-order valence-corrected chi connectivity index (χ0v) is 18.5. The van der Waals surface area contributed by atoms with E-state index in [1.165, 1.54) is 36.4 Å². The number of halogens is 1. The smallest absolute Gasteiger partial charge is 0.258 e. The minimum Gasteiger partial charge on any atom is -0.307 e. The summed E-state index contributed by atoms with van der Waals surface area (Å²) >= 11 is 0. The summed E-state index contributed by atoms with van der Waals surface area (Å²) in [6.45, 7) is 0.369. The highest BCUT2D eigenvalue weighted by molar-refractivity contribution is 7.91. The van der Waals surface area contributed by atoms with E-state index in [1.807, 2.05) is 0 Å². The molecule has 2 aliphatic heterocycles. The summed E-state index contributed by atoms with van der Waals surface area (Å²) in [5, 5.41) is 0. The molecule has 166 valence electrons. The Hall–Kier alpha value is -3.32. The van der Waals surface area contributed by atoms with E-state index in [0.717, 1.165) is 25.7 Å². The Bertz CT molecular complexity index is 1470. The number of amides is 1. The van der Waals surface area contributed by atoms with Gasteiger partial charge in [-0.1, -0.05) is 31.0 Å². The Morgan fingerprint density at radius 2 is 1.64 bits per heavy atom. The number of hydrogen-bond acceptors (Lipinski definition) is 4. The fourth-order valence-electron chi connectivity index (χ4n) is 5.74. The maximum atomic E-state index is 14.9. The van der Waals surface area contributed by atoms with Gasteiger partial charge in [0.05, 0.1) is 15.5 Å². The highest BCUT2D eigenvalue weighted by Gasteiger charge is 2.48. The Labute approximate surface area is 190 Å². The first-order valence-corrected chi connectivity index (χ1v) is 12.5. The first kappa shape index (κ1) is 20.3. The van der Waals surface area contributed by atoms with E-state index in [2.05, 4.69) is 0 Å². The molecule has 0 bridgehead atoms. The van der Waals surface area contributed by atoms with Gasteiger partial charge < -0.3 is 4.90 Å². The lowest BCUT2D eigenvalue weighted by Crippen LogP contribution is -2.36. The summed E-state index contributed by atoms with van der Waals surface area (Å²) in [5.41, 5.74) is 1.09. The van der Waals surface area contributed by atoms with Crippen molar-refractivity contribution in [3.63, 3.8) is 0 Å². The number of rotatable bonds is 1. The number of nitrogens with zero attached hydrogens (tertiary/aromatic N) is 1. The normalized spacial score (nSPS) is 19.3. The lowest BCUT2D eigenvalue weighted by molar-refractivity contribution is 0.0981. The second-order valence-corrected chi connectivity index (χ2v) is 10.9. The quantitative estimate of drug-likeness (QED) is 0.413. The van der Waals surface area contributed by atoms with E-state index in [-0.39, 0.29) is 38.1 Å². The van der Waals surface area contributed by atoms with Crippen molar-refractivity contribution in [2.75, 3.05) is 11.4 Å². The van der Waals surface area contributed by atoms with Gasteiger partial charge in [0.15, 0.2) is 5.78 Å². The summed E-state index contributed by atoms with van der Waals surface area (Å²) in [4.78, 5) is 27.9. The predicted octanol–water partition coefficient (Wildman–Crippen LogP) is 4.68. The highest BCUT2D eigenvalue weighted by atomic mass is 32.2. The van der Waals surface area contributed by atoms with Crippen molar-refractivity contribution in [1.29, 1.82) is 0 Å². The maximum absolute atomic E-state index is 14.9. The largest absolute Gasteiger partial charge is 0.307 e. The minimum absolute atomic E-state index is 0.0504. The van der Waals surface area contributed by atoms with Gasteiger partial charge in [-0.05, 0) is 55.3 Å². The van der Waals surface area contributed by atoms with E-state index in [0.29, 0.717) is 17.8 Å². The van der Waals surface area contributed by atoms with Gasteiger partial charge in [0.25, 0.3) is 5.91 Å². The molecular weight excluding hydrogens is 441 g/mol. The minimum atomic E-state index is -3.95. The molecule has 1 spiro atoms. The van der Waals surface area contributed by atoms with E-state index >= 15 is 0 Å². The molecule has 3 aliphatic rings. The summed E-state index contributed by atoms with van der Waals surface area (Å²) in [5.74, 6) is -1.08. The number of fused-ring (bicyclic) bond motifs is 4. The first-order valence-electron chi connectivity index (χ1n) is 11.0. The molecule has 0 saturated heterocycles. The molecule has 6 rings (SSSR count). The molecule has 0 radical (unpaired) electrons. The number of sulfone groups is 1. The van der Waals surface area contributed by atoms with Crippen molar-refractivity contribution in [1.82, 2.24) is 0 Å².